The summed E-state index contributed by atoms with van der Waals surface area (Å²) in [5, 5.41) is 19.0. The molecule has 8 nitrogen and oxygen atoms in total. The number of aryl methyl sites for hydroxylation is 9. The first-order valence-corrected chi connectivity index (χ1v) is 27.0. The molecular weight excluding hydrogens is 901 g/mol. The first-order chi connectivity index (χ1) is 33.9. The summed E-state index contributed by atoms with van der Waals surface area (Å²) < 4.78 is 7.64. The van der Waals surface area contributed by atoms with E-state index in [4.69, 9.17) is 9.62 Å². The van der Waals surface area contributed by atoms with Crippen molar-refractivity contribution in [1.82, 2.24) is 24.7 Å². The Morgan fingerprint density at radius 3 is 1.23 bits per heavy atom. The van der Waals surface area contributed by atoms with Crippen LogP contribution in [0, 0.1) is 55.4 Å². The van der Waals surface area contributed by atoms with Gasteiger partial charge in [0, 0.05) is 71.7 Å². The Kier molecular flexibility index (Phi) is 83.9. The quantitative estimate of drug-likeness (QED) is 0.120. The lowest BCUT2D eigenvalue weighted by Gasteiger charge is -1.82. The van der Waals surface area contributed by atoms with E-state index in [9.17, 15) is 0 Å². The Bertz CT molecular complexity index is 1730. The van der Waals surface area contributed by atoms with E-state index in [1.807, 2.05) is 245 Å². The zero-order valence-corrected chi connectivity index (χ0v) is 50.6. The van der Waals surface area contributed by atoms with Gasteiger partial charge in [-0.2, -0.15) is 16.4 Å². The maximum Gasteiger partial charge on any atom is 0.222 e. The molecule has 1 N–H and O–H groups in total. The van der Waals surface area contributed by atoms with Gasteiger partial charge in [-0.25, -0.2) is 0 Å². The van der Waals surface area contributed by atoms with Gasteiger partial charge in [0.15, 0.2) is 0 Å². The van der Waals surface area contributed by atoms with Gasteiger partial charge in [-0.15, -0.1) is 11.3 Å². The topological polar surface area (TPSA) is 93.7 Å². The summed E-state index contributed by atoms with van der Waals surface area (Å²) >= 11 is 3.52. The smallest absolute Gasteiger partial charge is 0.222 e. The molecule has 396 valence electrons. The zero-order chi connectivity index (χ0) is 55.8. The van der Waals surface area contributed by atoms with E-state index in [-0.39, 0.29) is 0 Å². The fourth-order valence-electron chi connectivity index (χ4n) is 3.40. The van der Waals surface area contributed by atoms with Gasteiger partial charge >= 0.3 is 0 Å². The summed E-state index contributed by atoms with van der Waals surface area (Å²) in [6.45, 7) is 48.1. The van der Waals surface area contributed by atoms with Gasteiger partial charge in [0.2, 0.25) is 12.4 Å². The van der Waals surface area contributed by atoms with E-state index in [1.165, 1.54) is 21.6 Å². The molecule has 0 spiro atoms. The molecule has 0 atom stereocenters. The largest absolute Gasteiger partial charge is 0.470 e. The van der Waals surface area contributed by atoms with Crippen molar-refractivity contribution in [2.24, 2.45) is 7.05 Å². The highest BCUT2D eigenvalue weighted by Gasteiger charge is 1.89. The maximum atomic E-state index is 8.67. The Labute approximate surface area is 440 Å². The zero-order valence-electron chi connectivity index (χ0n) is 48.9. The Morgan fingerprint density at radius 2 is 1.04 bits per heavy atom. The van der Waals surface area contributed by atoms with Crippen LogP contribution in [-0.4, -0.2) is 29.9 Å². The average Bonchev–Trinajstić information content (AvgIpc) is 4.29. The molecule has 8 rings (SSSR count). The van der Waals surface area contributed by atoms with Crippen LogP contribution in [-0.2, 0) is 7.05 Å². The number of thiophene rings is 2. The lowest BCUT2D eigenvalue weighted by atomic mass is 10.3. The van der Waals surface area contributed by atoms with Crippen LogP contribution in [0.2, 0.25) is 0 Å². The fourth-order valence-corrected chi connectivity index (χ4v) is 4.59. The molecule has 0 unspecified atom stereocenters. The highest BCUT2D eigenvalue weighted by Crippen LogP contribution is 2.04. The first-order valence-electron chi connectivity index (χ1n) is 25.2. The lowest BCUT2D eigenvalue weighted by Crippen LogP contribution is -2.27. The van der Waals surface area contributed by atoms with Gasteiger partial charge in [-0.3, -0.25) is 24.8 Å². The molecule has 0 aliphatic rings. The van der Waals surface area contributed by atoms with E-state index in [0.717, 1.165) is 27.4 Å². The lowest BCUT2D eigenvalue weighted by molar-refractivity contribution is -0.904. The fraction of sp³-hybridized carbons (Fsp3) is 0.417. The van der Waals surface area contributed by atoms with Gasteiger partial charge in [0.25, 0.3) is 0 Å². The van der Waals surface area contributed by atoms with E-state index in [0.29, 0.717) is 0 Å². The number of rotatable bonds is 0. The van der Waals surface area contributed by atoms with Crippen LogP contribution in [0.25, 0.3) is 0 Å². The monoisotopic (exact) mass is 1000 g/mol. The van der Waals surface area contributed by atoms with Gasteiger partial charge < -0.3 is 4.42 Å². The van der Waals surface area contributed by atoms with Crippen molar-refractivity contribution >= 4 is 22.7 Å². The normalized spacial score (nSPS) is 7.56. The molecule has 0 aliphatic carbocycles. The average molecular weight is 1000 g/mol. The third kappa shape index (κ3) is 68.9. The van der Waals surface area contributed by atoms with Gasteiger partial charge in [-0.05, 0) is 154 Å². The van der Waals surface area contributed by atoms with Crippen molar-refractivity contribution in [2.75, 3.05) is 0 Å². The third-order valence-electron chi connectivity index (χ3n) is 6.29. The molecule has 10 heteroatoms. The van der Waals surface area contributed by atoms with Crippen LogP contribution in [0.3, 0.4) is 0 Å². The summed E-state index contributed by atoms with van der Waals surface area (Å²) in [4.78, 5) is 13.1. The summed E-state index contributed by atoms with van der Waals surface area (Å²) in [6.07, 6.45) is 15.7. The standard InChI is InChI=1S/C6H8NO.3C6H7N.C5H8N2.C5H6O.2C5H6S.8C2H6/c1-6-2-4-7(8)5-3-6;1-6-2-4-7-5-3-6;1-6-3-2-4-7-5-6;1-6-4-2-3-5-7-6;1-5-3-4-7(2)6-5;1-5-3-2-4-6-5;1-5-2-3-6-4-5;1-5-3-2-4-6-5;8*1-2/h2-5,8H,1H3;3*2-5H,1H3;3-4H,1-2H3;3*2-4H,1H3;8*1-2H3/q+1;;;;;;;;;;;;;;;. The summed E-state index contributed by atoms with van der Waals surface area (Å²) in [6, 6.07) is 29.4. The predicted octanol–water partition coefficient (Wildman–Crippen LogP) is 19.3. The number of furan rings is 1. The van der Waals surface area contributed by atoms with Crippen molar-refractivity contribution in [3.05, 3.63) is 207 Å². The van der Waals surface area contributed by atoms with Gasteiger partial charge in [0.1, 0.15) is 5.76 Å². The van der Waals surface area contributed by atoms with E-state index >= 15 is 0 Å². The van der Waals surface area contributed by atoms with E-state index in [2.05, 4.69) is 68.2 Å². The van der Waals surface area contributed by atoms with Crippen LogP contribution in [0.5, 0.6) is 0 Å². The second kappa shape index (κ2) is 72.3. The summed E-state index contributed by atoms with van der Waals surface area (Å²) in [5.74, 6) is 0.968. The Morgan fingerprint density at radius 1 is 0.486 bits per heavy atom. The number of hydrogen-bond donors (Lipinski definition) is 1. The van der Waals surface area contributed by atoms with Crippen molar-refractivity contribution in [3.63, 3.8) is 0 Å². The minimum Gasteiger partial charge on any atom is -0.470 e. The van der Waals surface area contributed by atoms with Crippen molar-refractivity contribution < 1.29 is 14.4 Å². The van der Waals surface area contributed by atoms with Crippen LogP contribution < -0.4 is 4.73 Å². The van der Waals surface area contributed by atoms with Crippen LogP contribution in [0.15, 0.2) is 167 Å². The van der Waals surface area contributed by atoms with Crippen LogP contribution in [0.1, 0.15) is 155 Å². The highest BCUT2D eigenvalue weighted by molar-refractivity contribution is 7.09. The molecule has 70 heavy (non-hydrogen) atoms. The molecule has 0 aliphatic heterocycles. The summed E-state index contributed by atoms with van der Waals surface area (Å²) in [7, 11) is 1.91. The molecule has 0 amide bonds. The minimum atomic E-state index is 0.968. The number of hydrogen-bond acceptors (Lipinski definition) is 8. The Hall–Kier alpha value is -5.71. The second-order valence-corrected chi connectivity index (χ2v) is 13.6. The van der Waals surface area contributed by atoms with Crippen molar-refractivity contribution in [2.45, 2.75) is 166 Å². The number of aromatic nitrogens is 6. The predicted molar refractivity (Wildman–Crippen MR) is 316 cm³/mol. The third-order valence-corrected chi connectivity index (χ3v) is 7.89. The van der Waals surface area contributed by atoms with Gasteiger partial charge in [-0.1, -0.05) is 129 Å². The van der Waals surface area contributed by atoms with E-state index in [1.54, 1.807) is 70.8 Å². The summed E-state index contributed by atoms with van der Waals surface area (Å²) in [5.41, 5.74) is 7.12. The molecule has 0 radical (unpaired) electrons. The van der Waals surface area contributed by atoms with Crippen LogP contribution in [0.4, 0.5) is 0 Å². The SMILES string of the molecule is CC.CC.CC.CC.CC.CC.CC.CC.Cc1cc[n+](O)cc1.Cc1ccccn1.Cc1cccnc1.Cc1ccco1.Cc1cccs1.Cc1ccn(C)n1.Cc1ccncc1.Cc1ccsc1. The molecule has 8 aromatic rings. The van der Waals surface area contributed by atoms with E-state index < -0.39 is 0 Å². The number of pyridine rings is 4. The molecule has 8 heterocycles. The molecular formula is C60H103N6O2S2+. The highest BCUT2D eigenvalue weighted by atomic mass is 32.1. The molecule has 0 bridgehead atoms. The second-order valence-electron chi connectivity index (χ2n) is 11.7. The number of nitrogens with zero attached hydrogens (tertiary/aromatic N) is 6. The molecule has 0 saturated heterocycles. The molecule has 0 saturated carbocycles. The molecule has 0 aromatic carbocycles. The molecule has 8 aromatic heterocycles. The van der Waals surface area contributed by atoms with Crippen molar-refractivity contribution in [1.29, 1.82) is 0 Å². The maximum absolute atomic E-state index is 8.67. The van der Waals surface area contributed by atoms with Crippen LogP contribution >= 0.6 is 22.7 Å². The molecule has 0 fully saturated rings. The first kappa shape index (κ1) is 81.3. The van der Waals surface area contributed by atoms with Gasteiger partial charge in [0.05, 0.1) is 12.0 Å². The Balaban J connectivity index is -0.000000100. The minimum absolute atomic E-state index is 0.968. The van der Waals surface area contributed by atoms with Crippen molar-refractivity contribution in [3.8, 4) is 0 Å².